The molecule has 0 amide bonds. The fraction of sp³-hybridized carbons (Fsp3) is 0.235. The zero-order chi connectivity index (χ0) is 17.7. The molecular formula is C17H18F4IN3. The van der Waals surface area contributed by atoms with Crippen LogP contribution in [0.2, 0.25) is 0 Å². The largest absolute Gasteiger partial charge is 0.352 e. The van der Waals surface area contributed by atoms with Crippen molar-refractivity contribution in [2.45, 2.75) is 19.5 Å². The van der Waals surface area contributed by atoms with Crippen molar-refractivity contribution in [2.24, 2.45) is 4.99 Å². The summed E-state index contributed by atoms with van der Waals surface area (Å²) in [6.07, 6.45) is 0. The van der Waals surface area contributed by atoms with Crippen LogP contribution in [0.3, 0.4) is 0 Å². The van der Waals surface area contributed by atoms with Gasteiger partial charge in [0.05, 0.1) is 6.04 Å². The highest BCUT2D eigenvalue weighted by atomic mass is 127. The van der Waals surface area contributed by atoms with Crippen LogP contribution in [0.25, 0.3) is 0 Å². The van der Waals surface area contributed by atoms with Gasteiger partial charge in [0.15, 0.2) is 5.96 Å². The maximum Gasteiger partial charge on any atom is 0.191 e. The molecule has 8 heteroatoms. The number of halogens is 5. The molecule has 1 atom stereocenters. The number of hydrogen-bond acceptors (Lipinski definition) is 1. The molecule has 0 aliphatic heterocycles. The van der Waals surface area contributed by atoms with Crippen LogP contribution in [-0.2, 0) is 6.54 Å². The molecule has 2 aromatic carbocycles. The second kappa shape index (κ2) is 9.59. The second-order valence-electron chi connectivity index (χ2n) is 5.19. The maximum absolute atomic E-state index is 13.8. The first-order valence-electron chi connectivity index (χ1n) is 7.26. The van der Waals surface area contributed by atoms with Gasteiger partial charge in [-0.1, -0.05) is 6.07 Å². The lowest BCUT2D eigenvalue weighted by Crippen LogP contribution is -2.38. The molecule has 0 saturated carbocycles. The summed E-state index contributed by atoms with van der Waals surface area (Å²) < 4.78 is 53.5. The van der Waals surface area contributed by atoms with E-state index >= 15 is 0 Å². The molecular weight excluding hydrogens is 449 g/mol. The average Bonchev–Trinajstić information content (AvgIpc) is 2.54. The minimum absolute atomic E-state index is 0. The van der Waals surface area contributed by atoms with Crippen molar-refractivity contribution < 1.29 is 17.6 Å². The molecule has 3 nitrogen and oxygen atoms in total. The molecule has 0 aliphatic rings. The van der Waals surface area contributed by atoms with E-state index in [1.54, 1.807) is 6.92 Å². The summed E-state index contributed by atoms with van der Waals surface area (Å²) in [5.74, 6) is -2.15. The Balaban J connectivity index is 0.00000312. The fourth-order valence-corrected chi connectivity index (χ4v) is 2.19. The van der Waals surface area contributed by atoms with E-state index in [0.717, 1.165) is 30.3 Å². The molecule has 0 aliphatic carbocycles. The Morgan fingerprint density at radius 1 is 1.00 bits per heavy atom. The van der Waals surface area contributed by atoms with Gasteiger partial charge in [-0.05, 0) is 31.2 Å². The third-order valence-corrected chi connectivity index (χ3v) is 3.46. The molecule has 2 aromatic rings. The van der Waals surface area contributed by atoms with Crippen molar-refractivity contribution in [3.63, 3.8) is 0 Å². The lowest BCUT2D eigenvalue weighted by Gasteiger charge is -2.19. The number of benzene rings is 2. The van der Waals surface area contributed by atoms with Crippen LogP contribution < -0.4 is 10.6 Å². The molecule has 136 valence electrons. The Bertz CT molecular complexity index is 753. The lowest BCUT2D eigenvalue weighted by atomic mass is 10.1. The van der Waals surface area contributed by atoms with Crippen molar-refractivity contribution in [3.8, 4) is 0 Å². The third kappa shape index (κ3) is 5.87. The lowest BCUT2D eigenvalue weighted by molar-refractivity contribution is 0.549. The first-order chi connectivity index (χ1) is 11.4. The van der Waals surface area contributed by atoms with Crippen LogP contribution in [0.5, 0.6) is 0 Å². The van der Waals surface area contributed by atoms with E-state index in [0.29, 0.717) is 0 Å². The van der Waals surface area contributed by atoms with Crippen LogP contribution in [0, 0.1) is 23.3 Å². The summed E-state index contributed by atoms with van der Waals surface area (Å²) in [6, 6.07) is 5.94. The number of nitrogens with zero attached hydrogens (tertiary/aromatic N) is 1. The Kier molecular flexibility index (Phi) is 8.14. The van der Waals surface area contributed by atoms with Crippen LogP contribution >= 0.6 is 24.0 Å². The molecule has 2 rings (SSSR count). The first-order valence-corrected chi connectivity index (χ1v) is 7.26. The van der Waals surface area contributed by atoms with Gasteiger partial charge >= 0.3 is 0 Å². The van der Waals surface area contributed by atoms with E-state index in [1.807, 2.05) is 0 Å². The SMILES string of the molecule is CN=C(NCc1cc(F)ccc1F)NC(C)c1ccc(F)cc1F.I. The van der Waals surface area contributed by atoms with Crippen molar-refractivity contribution in [3.05, 3.63) is 70.8 Å². The number of hydrogen-bond donors (Lipinski definition) is 2. The van der Waals surface area contributed by atoms with Crippen molar-refractivity contribution >= 4 is 29.9 Å². The standard InChI is InChI=1S/C17H17F4N3.HI/c1-10(14-5-3-13(19)8-16(14)21)24-17(22-2)23-9-11-7-12(18)4-6-15(11)20;/h3-8,10H,9H2,1-2H3,(H2,22,23,24);1H. The summed E-state index contributed by atoms with van der Waals surface area (Å²) >= 11 is 0. The molecule has 0 aromatic heterocycles. The van der Waals surface area contributed by atoms with Gasteiger partial charge in [-0.2, -0.15) is 0 Å². The average molecular weight is 467 g/mol. The number of nitrogens with one attached hydrogen (secondary N) is 2. The molecule has 25 heavy (non-hydrogen) atoms. The van der Waals surface area contributed by atoms with Crippen molar-refractivity contribution in [2.75, 3.05) is 7.05 Å². The highest BCUT2D eigenvalue weighted by Gasteiger charge is 2.13. The minimum Gasteiger partial charge on any atom is -0.352 e. The maximum atomic E-state index is 13.8. The monoisotopic (exact) mass is 467 g/mol. The van der Waals surface area contributed by atoms with E-state index in [9.17, 15) is 17.6 Å². The highest BCUT2D eigenvalue weighted by molar-refractivity contribution is 14.0. The van der Waals surface area contributed by atoms with Crippen LogP contribution in [0.15, 0.2) is 41.4 Å². The van der Waals surface area contributed by atoms with Gasteiger partial charge in [0, 0.05) is 30.8 Å². The Hall–Kier alpha value is -1.84. The van der Waals surface area contributed by atoms with E-state index in [4.69, 9.17) is 0 Å². The van der Waals surface area contributed by atoms with Crippen LogP contribution in [0.4, 0.5) is 17.6 Å². The summed E-state index contributed by atoms with van der Waals surface area (Å²) in [7, 11) is 1.49. The topological polar surface area (TPSA) is 36.4 Å². The predicted octanol–water partition coefficient (Wildman–Crippen LogP) is 4.29. The van der Waals surface area contributed by atoms with Gasteiger partial charge in [-0.25, -0.2) is 17.6 Å². The summed E-state index contributed by atoms with van der Waals surface area (Å²) in [6.45, 7) is 1.67. The van der Waals surface area contributed by atoms with E-state index < -0.39 is 29.3 Å². The van der Waals surface area contributed by atoms with Crippen molar-refractivity contribution in [1.29, 1.82) is 0 Å². The first kappa shape index (κ1) is 21.2. The Labute approximate surface area is 160 Å². The van der Waals surface area contributed by atoms with Gasteiger partial charge in [-0.15, -0.1) is 24.0 Å². The summed E-state index contributed by atoms with van der Waals surface area (Å²) in [4.78, 5) is 3.95. The van der Waals surface area contributed by atoms with Gasteiger partial charge in [0.25, 0.3) is 0 Å². The summed E-state index contributed by atoms with van der Waals surface area (Å²) in [5.41, 5.74) is 0.398. The number of aliphatic imine (C=N–C) groups is 1. The third-order valence-electron chi connectivity index (χ3n) is 3.46. The van der Waals surface area contributed by atoms with Crippen molar-refractivity contribution in [1.82, 2.24) is 10.6 Å². The van der Waals surface area contributed by atoms with E-state index in [-0.39, 0.29) is 47.6 Å². The quantitative estimate of drug-likeness (QED) is 0.305. The Morgan fingerprint density at radius 2 is 1.64 bits per heavy atom. The molecule has 0 heterocycles. The van der Waals surface area contributed by atoms with Gasteiger partial charge in [0.2, 0.25) is 0 Å². The molecule has 1 unspecified atom stereocenters. The number of guanidine groups is 1. The highest BCUT2D eigenvalue weighted by Crippen LogP contribution is 2.17. The zero-order valence-corrected chi connectivity index (χ0v) is 15.9. The molecule has 0 spiro atoms. The summed E-state index contributed by atoms with van der Waals surface area (Å²) in [5, 5.41) is 5.73. The Morgan fingerprint density at radius 3 is 2.28 bits per heavy atom. The molecule has 2 N–H and O–H groups in total. The van der Waals surface area contributed by atoms with Gasteiger partial charge in [0.1, 0.15) is 23.3 Å². The van der Waals surface area contributed by atoms with Gasteiger partial charge < -0.3 is 10.6 Å². The fourth-order valence-electron chi connectivity index (χ4n) is 2.19. The van der Waals surface area contributed by atoms with Gasteiger partial charge in [-0.3, -0.25) is 4.99 Å². The minimum atomic E-state index is -0.679. The molecule has 0 saturated heterocycles. The molecule has 0 bridgehead atoms. The predicted molar refractivity (Wildman–Crippen MR) is 99.9 cm³/mol. The zero-order valence-electron chi connectivity index (χ0n) is 13.6. The number of rotatable bonds is 4. The molecule has 0 radical (unpaired) electrons. The van der Waals surface area contributed by atoms with Crippen LogP contribution in [0.1, 0.15) is 24.1 Å². The second-order valence-corrected chi connectivity index (χ2v) is 5.19. The normalized spacial score (nSPS) is 12.3. The van der Waals surface area contributed by atoms with E-state index in [2.05, 4.69) is 15.6 Å². The van der Waals surface area contributed by atoms with Crippen LogP contribution in [-0.4, -0.2) is 13.0 Å². The van der Waals surface area contributed by atoms with E-state index in [1.165, 1.54) is 13.1 Å². The molecule has 0 fully saturated rings. The smallest absolute Gasteiger partial charge is 0.191 e.